The third-order valence-corrected chi connectivity index (χ3v) is 7.02. The summed E-state index contributed by atoms with van der Waals surface area (Å²) in [7, 11) is 1.23. The molecule has 0 aliphatic carbocycles. The molecular weight excluding hydrogens is 530 g/mol. The first-order chi connectivity index (χ1) is 19.8. The predicted octanol–water partition coefficient (Wildman–Crippen LogP) is 2.12. The molecule has 2 aromatic rings. The van der Waals surface area contributed by atoms with Crippen LogP contribution >= 0.6 is 0 Å². The second-order valence-electron chi connectivity index (χ2n) is 9.73. The number of piperazine rings is 1. The lowest BCUT2D eigenvalue weighted by atomic mass is 10.1. The molecular formula is C29H35N5O7. The fraction of sp³-hybridized carbons (Fsp3) is 0.414. The van der Waals surface area contributed by atoms with E-state index in [2.05, 4.69) is 15.1 Å². The molecule has 2 aliphatic heterocycles. The lowest BCUT2D eigenvalue weighted by Crippen LogP contribution is -2.49. The van der Waals surface area contributed by atoms with E-state index < -0.39 is 18.0 Å². The number of cyclic esters (lactones) is 1. The van der Waals surface area contributed by atoms with Gasteiger partial charge in [-0.1, -0.05) is 12.1 Å². The first-order valence-corrected chi connectivity index (χ1v) is 13.5. The van der Waals surface area contributed by atoms with Gasteiger partial charge in [0.2, 0.25) is 0 Å². The van der Waals surface area contributed by atoms with E-state index in [-0.39, 0.29) is 29.0 Å². The Labute approximate surface area is 238 Å². The summed E-state index contributed by atoms with van der Waals surface area (Å²) in [6, 6.07) is 12.9. The molecule has 0 bridgehead atoms. The molecule has 2 fully saturated rings. The number of hydrogen-bond donors (Lipinski definition) is 2. The molecule has 4 rings (SSSR count). The van der Waals surface area contributed by atoms with Gasteiger partial charge in [-0.3, -0.25) is 24.8 Å². The van der Waals surface area contributed by atoms with E-state index in [4.69, 9.17) is 19.6 Å². The topological polar surface area (TPSA) is 142 Å². The van der Waals surface area contributed by atoms with E-state index in [1.807, 2.05) is 0 Å². The average molecular weight is 566 g/mol. The van der Waals surface area contributed by atoms with Crippen molar-refractivity contribution in [3.05, 3.63) is 65.2 Å². The van der Waals surface area contributed by atoms with Crippen molar-refractivity contribution in [2.75, 3.05) is 64.4 Å². The smallest absolute Gasteiger partial charge is 0.414 e. The number of esters is 2. The van der Waals surface area contributed by atoms with Crippen LogP contribution in [0.25, 0.3) is 0 Å². The standard InChI is InChI=1S/C29H35N5O7/c1-3-40-25(35)12-13-32-14-16-33(17-15-32)18-22-19-34(29(38)41-22)21-10-8-20(9-11-21)26(30)31-27(36)23-6-4-5-7-24(23)28(37)39-2/h4-11,22H,3,12-19H2,1-2H3,(H2,30,31,36). The summed E-state index contributed by atoms with van der Waals surface area (Å²) in [6.07, 6.45) is -0.323. The Morgan fingerprint density at radius 1 is 1.00 bits per heavy atom. The number of benzene rings is 2. The summed E-state index contributed by atoms with van der Waals surface area (Å²) in [6.45, 7) is 7.21. The zero-order valence-electron chi connectivity index (χ0n) is 23.3. The highest BCUT2D eigenvalue weighted by Gasteiger charge is 2.34. The molecule has 2 N–H and O–H groups in total. The molecule has 12 nitrogen and oxygen atoms in total. The van der Waals surface area contributed by atoms with Crippen molar-refractivity contribution in [3.63, 3.8) is 0 Å². The van der Waals surface area contributed by atoms with Gasteiger partial charge in [0.25, 0.3) is 5.91 Å². The molecule has 2 heterocycles. The fourth-order valence-corrected chi connectivity index (χ4v) is 4.82. The summed E-state index contributed by atoms with van der Waals surface area (Å²) < 4.78 is 15.3. The molecule has 0 spiro atoms. The van der Waals surface area contributed by atoms with Gasteiger partial charge in [-0.05, 0) is 43.3 Å². The molecule has 218 valence electrons. The number of carbonyl (C=O) groups is 4. The number of anilines is 1. The maximum Gasteiger partial charge on any atom is 0.414 e. The van der Waals surface area contributed by atoms with E-state index in [1.165, 1.54) is 19.2 Å². The minimum atomic E-state index is -0.643. The van der Waals surface area contributed by atoms with Crippen molar-refractivity contribution in [2.45, 2.75) is 19.4 Å². The third-order valence-electron chi connectivity index (χ3n) is 7.02. The molecule has 1 unspecified atom stereocenters. The van der Waals surface area contributed by atoms with Crippen molar-refractivity contribution < 1.29 is 33.4 Å². The lowest BCUT2D eigenvalue weighted by Gasteiger charge is -2.35. The number of methoxy groups -OCH3 is 1. The molecule has 0 saturated carbocycles. The van der Waals surface area contributed by atoms with Crippen LogP contribution in [0.5, 0.6) is 0 Å². The first-order valence-electron chi connectivity index (χ1n) is 13.5. The minimum Gasteiger partial charge on any atom is -0.466 e. The maximum atomic E-state index is 12.7. The van der Waals surface area contributed by atoms with Gasteiger partial charge < -0.3 is 24.4 Å². The monoisotopic (exact) mass is 565 g/mol. The van der Waals surface area contributed by atoms with Gasteiger partial charge in [-0.25, -0.2) is 9.59 Å². The van der Waals surface area contributed by atoms with Crippen LogP contribution in [0.3, 0.4) is 0 Å². The lowest BCUT2D eigenvalue weighted by molar-refractivity contribution is -0.143. The summed E-state index contributed by atoms with van der Waals surface area (Å²) >= 11 is 0. The second-order valence-corrected chi connectivity index (χ2v) is 9.73. The third kappa shape index (κ3) is 7.68. The van der Waals surface area contributed by atoms with Gasteiger partial charge in [0.15, 0.2) is 0 Å². The molecule has 2 amide bonds. The number of amidine groups is 1. The number of carbonyl (C=O) groups excluding carboxylic acids is 4. The Hall–Kier alpha value is -4.29. The van der Waals surface area contributed by atoms with Crippen molar-refractivity contribution >= 4 is 35.5 Å². The molecule has 2 aromatic carbocycles. The zero-order valence-corrected chi connectivity index (χ0v) is 23.3. The van der Waals surface area contributed by atoms with Crippen LogP contribution < -0.4 is 10.2 Å². The number of ether oxygens (including phenoxy) is 3. The van der Waals surface area contributed by atoms with Crippen LogP contribution in [0.2, 0.25) is 0 Å². The Kier molecular flexibility index (Phi) is 10.0. The number of nitrogens with zero attached hydrogens (tertiary/aromatic N) is 3. The van der Waals surface area contributed by atoms with Crippen LogP contribution in [0.15, 0.2) is 48.5 Å². The fourth-order valence-electron chi connectivity index (χ4n) is 4.82. The van der Waals surface area contributed by atoms with Crippen molar-refractivity contribution in [3.8, 4) is 0 Å². The molecule has 12 heteroatoms. The van der Waals surface area contributed by atoms with Crippen molar-refractivity contribution in [1.29, 1.82) is 5.41 Å². The molecule has 2 aliphatic rings. The molecule has 1 atom stereocenters. The Balaban J connectivity index is 1.27. The highest BCUT2D eigenvalue weighted by atomic mass is 16.6. The van der Waals surface area contributed by atoms with E-state index in [9.17, 15) is 19.2 Å². The van der Waals surface area contributed by atoms with Gasteiger partial charge in [0, 0.05) is 50.5 Å². The minimum absolute atomic E-state index is 0.102. The highest BCUT2D eigenvalue weighted by molar-refractivity contribution is 6.14. The van der Waals surface area contributed by atoms with Crippen molar-refractivity contribution in [1.82, 2.24) is 15.1 Å². The second kappa shape index (κ2) is 13.9. The summed E-state index contributed by atoms with van der Waals surface area (Å²) in [5.41, 5.74) is 1.26. The number of nitrogens with one attached hydrogen (secondary N) is 2. The normalized spacial score (nSPS) is 17.6. The zero-order chi connectivity index (χ0) is 29.4. The van der Waals surface area contributed by atoms with Gasteiger partial charge in [0.05, 0.1) is 37.8 Å². The first kappa shape index (κ1) is 29.7. The molecule has 41 heavy (non-hydrogen) atoms. The van der Waals surface area contributed by atoms with Crippen molar-refractivity contribution in [2.24, 2.45) is 0 Å². The van der Waals surface area contributed by atoms with E-state index in [0.29, 0.717) is 43.9 Å². The summed E-state index contributed by atoms with van der Waals surface area (Å²) in [5.74, 6) is -1.57. The highest BCUT2D eigenvalue weighted by Crippen LogP contribution is 2.23. The van der Waals surface area contributed by atoms with Gasteiger partial charge in [-0.2, -0.15) is 0 Å². The Morgan fingerprint density at radius 3 is 2.32 bits per heavy atom. The summed E-state index contributed by atoms with van der Waals surface area (Å²) in [4.78, 5) is 55.0. The van der Waals surface area contributed by atoms with Crippen LogP contribution in [0.4, 0.5) is 10.5 Å². The van der Waals surface area contributed by atoms with E-state index in [1.54, 1.807) is 48.2 Å². The Bertz CT molecular complexity index is 1270. The SMILES string of the molecule is CCOC(=O)CCN1CCN(CC2CN(c3ccc(C(=N)NC(=O)c4ccccc4C(=O)OC)cc3)C(=O)O2)CC1. The molecule has 0 aromatic heterocycles. The quantitative estimate of drug-likeness (QED) is 0.192. The van der Waals surface area contributed by atoms with Crippen LogP contribution in [0.1, 0.15) is 39.6 Å². The Morgan fingerprint density at radius 2 is 1.66 bits per heavy atom. The number of rotatable bonds is 10. The van der Waals surface area contributed by atoms with E-state index in [0.717, 1.165) is 26.2 Å². The summed E-state index contributed by atoms with van der Waals surface area (Å²) in [5, 5.41) is 10.8. The largest absolute Gasteiger partial charge is 0.466 e. The predicted molar refractivity (Wildman–Crippen MR) is 150 cm³/mol. The number of amides is 2. The number of hydrogen-bond acceptors (Lipinski definition) is 10. The van der Waals surface area contributed by atoms with Gasteiger partial charge in [0.1, 0.15) is 11.9 Å². The van der Waals surface area contributed by atoms with E-state index >= 15 is 0 Å². The van der Waals surface area contributed by atoms with Gasteiger partial charge in [-0.15, -0.1) is 0 Å². The molecule has 2 saturated heterocycles. The van der Waals surface area contributed by atoms with Gasteiger partial charge >= 0.3 is 18.0 Å². The van der Waals surface area contributed by atoms with Crippen LogP contribution in [0, 0.1) is 5.41 Å². The molecule has 0 radical (unpaired) electrons. The van der Waals surface area contributed by atoms with Crippen LogP contribution in [-0.2, 0) is 19.0 Å². The maximum absolute atomic E-state index is 12.7. The average Bonchev–Trinajstić information content (AvgIpc) is 3.36. The van der Waals surface area contributed by atoms with Crippen LogP contribution in [-0.4, -0.2) is 105 Å².